The van der Waals surface area contributed by atoms with Crippen molar-refractivity contribution in [1.82, 2.24) is 20.0 Å². The number of benzene rings is 2. The molecule has 1 aliphatic carbocycles. The molecule has 0 bridgehead atoms. The topological polar surface area (TPSA) is 60.2 Å². The highest BCUT2D eigenvalue weighted by Gasteiger charge is 2.32. The van der Waals surface area contributed by atoms with E-state index in [9.17, 15) is 4.79 Å². The van der Waals surface area contributed by atoms with Gasteiger partial charge in [0.2, 0.25) is 0 Å². The Morgan fingerprint density at radius 2 is 1.62 bits per heavy atom. The lowest BCUT2D eigenvalue weighted by molar-refractivity contribution is 0.104. The van der Waals surface area contributed by atoms with Gasteiger partial charge in [0, 0.05) is 22.1 Å². The Bertz CT molecular complexity index is 1060. The van der Waals surface area contributed by atoms with Crippen LogP contribution in [0.4, 0.5) is 0 Å². The summed E-state index contributed by atoms with van der Waals surface area (Å²) in [6, 6.07) is 15.3. The first-order valence-electron chi connectivity index (χ1n) is 6.63. The molecule has 2 heterocycles. The second kappa shape index (κ2) is 3.52. The molecule has 21 heavy (non-hydrogen) atoms. The van der Waals surface area contributed by atoms with E-state index >= 15 is 0 Å². The second-order valence-electron chi connectivity index (χ2n) is 5.06. The van der Waals surface area contributed by atoms with E-state index in [2.05, 4.69) is 15.5 Å². The fourth-order valence-electron chi connectivity index (χ4n) is 3.15. The van der Waals surface area contributed by atoms with Crippen molar-refractivity contribution in [3.8, 4) is 11.1 Å². The van der Waals surface area contributed by atoms with E-state index in [1.165, 1.54) is 0 Å². The van der Waals surface area contributed by atoms with Gasteiger partial charge in [-0.1, -0.05) is 42.5 Å². The van der Waals surface area contributed by atoms with Gasteiger partial charge in [-0.2, -0.15) is 4.52 Å². The molecular formula is C16H8N4O. The molecule has 0 saturated carbocycles. The number of rotatable bonds is 0. The van der Waals surface area contributed by atoms with Crippen molar-refractivity contribution in [2.75, 3.05) is 0 Å². The Morgan fingerprint density at radius 1 is 0.857 bits per heavy atom. The van der Waals surface area contributed by atoms with Crippen molar-refractivity contribution in [2.45, 2.75) is 0 Å². The predicted molar refractivity (Wildman–Crippen MR) is 77.2 cm³/mol. The lowest BCUT2D eigenvalue weighted by Gasteiger charge is -2.06. The third kappa shape index (κ3) is 1.16. The lowest BCUT2D eigenvalue weighted by atomic mass is 10.0. The molecule has 1 aliphatic rings. The van der Waals surface area contributed by atoms with E-state index in [-0.39, 0.29) is 5.78 Å². The van der Waals surface area contributed by atoms with Gasteiger partial charge in [0.25, 0.3) is 0 Å². The summed E-state index contributed by atoms with van der Waals surface area (Å²) in [5.41, 5.74) is 4.63. The number of pyridine rings is 1. The molecule has 5 heteroatoms. The van der Waals surface area contributed by atoms with Crippen molar-refractivity contribution in [2.24, 2.45) is 0 Å². The smallest absolute Gasteiger partial charge is 0.195 e. The van der Waals surface area contributed by atoms with Crippen molar-refractivity contribution in [3.05, 3.63) is 59.7 Å². The van der Waals surface area contributed by atoms with Crippen molar-refractivity contribution >= 4 is 22.3 Å². The summed E-state index contributed by atoms with van der Waals surface area (Å²) in [6.07, 6.45) is 0. The first-order valence-corrected chi connectivity index (χ1v) is 6.63. The Balaban J connectivity index is 2.13. The van der Waals surface area contributed by atoms with Gasteiger partial charge in [-0.25, -0.2) is 0 Å². The number of tetrazole rings is 1. The summed E-state index contributed by atoms with van der Waals surface area (Å²) in [4.78, 5) is 12.8. The van der Waals surface area contributed by atoms with Gasteiger partial charge in [-0.3, -0.25) is 4.79 Å². The van der Waals surface area contributed by atoms with Gasteiger partial charge in [-0.05, 0) is 22.1 Å². The van der Waals surface area contributed by atoms with Crippen LogP contribution in [0.2, 0.25) is 0 Å². The maximum atomic E-state index is 12.8. The molecule has 0 saturated heterocycles. The average molecular weight is 272 g/mol. The molecule has 0 amide bonds. The van der Waals surface area contributed by atoms with Crippen LogP contribution >= 0.6 is 0 Å². The van der Waals surface area contributed by atoms with Crippen LogP contribution in [0.15, 0.2) is 48.5 Å². The predicted octanol–water partition coefficient (Wildman–Crippen LogP) is 2.49. The molecule has 0 atom stereocenters. The van der Waals surface area contributed by atoms with Gasteiger partial charge >= 0.3 is 0 Å². The number of hydrogen-bond acceptors (Lipinski definition) is 4. The fraction of sp³-hybridized carbons (Fsp3) is 0. The highest BCUT2D eigenvalue weighted by molar-refractivity contribution is 6.29. The normalized spacial score (nSPS) is 12.9. The molecule has 2 aromatic heterocycles. The Kier molecular flexibility index (Phi) is 1.79. The molecule has 5 rings (SSSR count). The van der Waals surface area contributed by atoms with Gasteiger partial charge in [0.15, 0.2) is 11.4 Å². The van der Waals surface area contributed by atoms with E-state index in [1.54, 1.807) is 4.52 Å². The largest absolute Gasteiger partial charge is 0.289 e. The minimum Gasteiger partial charge on any atom is -0.289 e. The highest BCUT2D eigenvalue weighted by Crippen LogP contribution is 2.41. The maximum absolute atomic E-state index is 12.8. The summed E-state index contributed by atoms with van der Waals surface area (Å²) in [6.45, 7) is 0. The summed E-state index contributed by atoms with van der Waals surface area (Å²) in [5, 5.41) is 12.9. The van der Waals surface area contributed by atoms with Gasteiger partial charge in [-0.15, -0.1) is 5.10 Å². The Labute approximate surface area is 118 Å². The lowest BCUT2D eigenvalue weighted by Crippen LogP contribution is -2.00. The van der Waals surface area contributed by atoms with Crippen molar-refractivity contribution in [3.63, 3.8) is 0 Å². The summed E-state index contributed by atoms with van der Waals surface area (Å²) in [7, 11) is 0. The number of aromatic nitrogens is 4. The van der Waals surface area contributed by atoms with Crippen LogP contribution in [0.1, 0.15) is 15.9 Å². The molecule has 98 valence electrons. The third-order valence-electron chi connectivity index (χ3n) is 4.01. The van der Waals surface area contributed by atoms with Gasteiger partial charge in [0.1, 0.15) is 0 Å². The molecule has 0 unspecified atom stereocenters. The van der Waals surface area contributed by atoms with Crippen LogP contribution in [-0.2, 0) is 0 Å². The first-order chi connectivity index (χ1) is 10.4. The fourth-order valence-corrected chi connectivity index (χ4v) is 3.15. The van der Waals surface area contributed by atoms with Crippen molar-refractivity contribution in [1.29, 1.82) is 0 Å². The molecule has 0 fully saturated rings. The van der Waals surface area contributed by atoms with E-state index in [4.69, 9.17) is 0 Å². The molecule has 0 spiro atoms. The molecular weight excluding hydrogens is 264 g/mol. The van der Waals surface area contributed by atoms with Crippen LogP contribution in [0.3, 0.4) is 0 Å². The second-order valence-corrected chi connectivity index (χ2v) is 5.06. The zero-order chi connectivity index (χ0) is 14.0. The van der Waals surface area contributed by atoms with Gasteiger partial charge in [0.05, 0.1) is 5.52 Å². The first kappa shape index (κ1) is 10.7. The zero-order valence-electron chi connectivity index (χ0n) is 10.8. The highest BCUT2D eigenvalue weighted by atomic mass is 16.1. The Hall–Kier alpha value is -3.08. The number of carbonyl (C=O) groups is 1. The third-order valence-corrected chi connectivity index (χ3v) is 4.01. The monoisotopic (exact) mass is 272 g/mol. The standard InChI is InChI=1S/C16H8N4O/c21-15-10-6-2-1-5-9(10)14-13(15)11-7-3-4-8-12(11)20-16(14)17-18-19-20/h1-8H. The number of nitrogens with zero attached hydrogens (tertiary/aromatic N) is 4. The SMILES string of the molecule is O=C1c2ccccc2-c2c1c1ccccc1n1nnnc21. The van der Waals surface area contributed by atoms with Crippen molar-refractivity contribution < 1.29 is 4.79 Å². The molecule has 2 aromatic carbocycles. The quantitative estimate of drug-likeness (QED) is 0.434. The molecule has 0 aliphatic heterocycles. The molecule has 4 aromatic rings. The summed E-state index contributed by atoms with van der Waals surface area (Å²) in [5.74, 6) is 0.0438. The number of carbonyl (C=O) groups excluding carboxylic acids is 1. The van der Waals surface area contributed by atoms with E-state index in [1.807, 2.05) is 48.5 Å². The molecule has 0 N–H and O–H groups in total. The number of hydrogen-bond donors (Lipinski definition) is 0. The minimum absolute atomic E-state index is 0.0438. The Morgan fingerprint density at radius 3 is 2.52 bits per heavy atom. The molecule has 0 radical (unpaired) electrons. The van der Waals surface area contributed by atoms with Gasteiger partial charge < -0.3 is 0 Å². The van der Waals surface area contributed by atoms with Crippen LogP contribution in [-0.4, -0.2) is 25.8 Å². The summed E-state index contributed by atoms with van der Waals surface area (Å²) >= 11 is 0. The average Bonchev–Trinajstić information content (AvgIpc) is 3.12. The number of ketones is 1. The van der Waals surface area contributed by atoms with Crippen LogP contribution in [0, 0.1) is 0 Å². The number of fused-ring (bicyclic) bond motifs is 8. The summed E-state index contributed by atoms with van der Waals surface area (Å²) < 4.78 is 1.70. The molecule has 5 nitrogen and oxygen atoms in total. The zero-order valence-corrected chi connectivity index (χ0v) is 10.8. The van der Waals surface area contributed by atoms with E-state index < -0.39 is 0 Å². The van der Waals surface area contributed by atoms with Crippen LogP contribution in [0.25, 0.3) is 27.7 Å². The van der Waals surface area contributed by atoms with Crippen LogP contribution < -0.4 is 0 Å². The van der Waals surface area contributed by atoms with Crippen LogP contribution in [0.5, 0.6) is 0 Å². The number of para-hydroxylation sites is 1. The maximum Gasteiger partial charge on any atom is 0.195 e. The van der Waals surface area contributed by atoms with E-state index in [0.29, 0.717) is 16.8 Å². The minimum atomic E-state index is 0.0438. The van der Waals surface area contributed by atoms with E-state index in [0.717, 1.165) is 22.0 Å².